The van der Waals surface area contributed by atoms with Gasteiger partial charge in [-0.05, 0) is 77.2 Å². The Morgan fingerprint density at radius 3 is 2.72 bits per heavy atom. The highest BCUT2D eigenvalue weighted by atomic mass is 127. The summed E-state index contributed by atoms with van der Waals surface area (Å²) in [4.78, 5) is 19.8. The summed E-state index contributed by atoms with van der Waals surface area (Å²) in [6.45, 7) is 3.13. The fraction of sp³-hybridized carbons (Fsp3) is 0.238. The van der Waals surface area contributed by atoms with E-state index in [2.05, 4.69) is 4.99 Å². The van der Waals surface area contributed by atoms with Crippen molar-refractivity contribution in [1.82, 2.24) is 4.90 Å². The van der Waals surface area contributed by atoms with Gasteiger partial charge in [-0.15, -0.1) is 0 Å². The molecule has 1 fully saturated rings. The number of aromatic hydroxyl groups is 1. The molecule has 0 aromatic heterocycles. The van der Waals surface area contributed by atoms with Crippen molar-refractivity contribution in [3.8, 4) is 11.5 Å². The molecule has 0 saturated carbocycles. The number of hydrogen-bond donors (Lipinski definition) is 1. The van der Waals surface area contributed by atoms with Crippen molar-refractivity contribution >= 4 is 57.2 Å². The van der Waals surface area contributed by atoms with E-state index in [0.29, 0.717) is 39.2 Å². The predicted molar refractivity (Wildman–Crippen MR) is 125 cm³/mol. The molecule has 8 heteroatoms. The third-order valence-electron chi connectivity index (χ3n) is 4.04. The molecule has 2 aromatic carbocycles. The number of amides is 1. The zero-order chi connectivity index (χ0) is 20.8. The van der Waals surface area contributed by atoms with Gasteiger partial charge in [-0.25, -0.2) is 4.99 Å². The first kappa shape index (κ1) is 21.7. The number of phenols is 1. The molecule has 0 atom stereocenters. The van der Waals surface area contributed by atoms with Gasteiger partial charge < -0.3 is 14.6 Å². The van der Waals surface area contributed by atoms with Gasteiger partial charge in [0.15, 0.2) is 16.7 Å². The summed E-state index contributed by atoms with van der Waals surface area (Å²) in [7, 11) is 1.60. The molecular weight excluding hydrogens is 503 g/mol. The van der Waals surface area contributed by atoms with Crippen molar-refractivity contribution < 1.29 is 19.4 Å². The minimum Gasteiger partial charge on any atom is -0.504 e. The first-order chi connectivity index (χ1) is 14.0. The van der Waals surface area contributed by atoms with Crippen LogP contribution in [-0.2, 0) is 9.53 Å². The van der Waals surface area contributed by atoms with Gasteiger partial charge in [0.25, 0.3) is 5.91 Å². The molecule has 1 heterocycles. The van der Waals surface area contributed by atoms with Gasteiger partial charge in [-0.3, -0.25) is 9.69 Å². The van der Waals surface area contributed by atoms with Crippen LogP contribution in [0.2, 0.25) is 0 Å². The monoisotopic (exact) mass is 524 g/mol. The Hall–Kier alpha value is -2.04. The third-order valence-corrected chi connectivity index (χ3v) is 5.87. The van der Waals surface area contributed by atoms with Crippen LogP contribution in [0.4, 0.5) is 5.69 Å². The van der Waals surface area contributed by atoms with E-state index in [0.717, 1.165) is 11.3 Å². The number of ether oxygens (including phenoxy) is 2. The number of thioether (sulfide) groups is 1. The number of methoxy groups -OCH3 is 1. The Bertz CT molecular complexity index is 947. The molecule has 0 bridgehead atoms. The molecule has 1 aliphatic rings. The maximum absolute atomic E-state index is 13.0. The lowest BCUT2D eigenvalue weighted by molar-refractivity contribution is -0.122. The van der Waals surface area contributed by atoms with Gasteiger partial charge in [0, 0.05) is 7.11 Å². The van der Waals surface area contributed by atoms with E-state index in [4.69, 9.17) is 9.47 Å². The number of carbonyl (C=O) groups is 1. The second kappa shape index (κ2) is 10.1. The highest BCUT2D eigenvalue weighted by Gasteiger charge is 2.33. The van der Waals surface area contributed by atoms with Gasteiger partial charge in [0.2, 0.25) is 0 Å². The zero-order valence-electron chi connectivity index (χ0n) is 16.1. The zero-order valence-corrected chi connectivity index (χ0v) is 19.1. The molecule has 3 rings (SSSR count). The van der Waals surface area contributed by atoms with Crippen LogP contribution in [0.25, 0.3) is 6.08 Å². The van der Waals surface area contributed by atoms with Crippen LogP contribution in [0.5, 0.6) is 11.5 Å². The van der Waals surface area contributed by atoms with Crippen LogP contribution < -0.4 is 4.74 Å². The maximum atomic E-state index is 13.0. The standard InChI is InChI=1S/C21H21IN2O4S/c1-3-28-17-12-14(11-16(22)19(17)25)13-18-20(26)24(9-10-27-2)21(29-18)23-15-7-5-4-6-8-15/h4-8,11-13,25H,3,9-10H2,1-2H3/b18-13+,23-21?. The number of rotatable bonds is 7. The smallest absolute Gasteiger partial charge is 0.266 e. The largest absolute Gasteiger partial charge is 0.504 e. The summed E-state index contributed by atoms with van der Waals surface area (Å²) in [5.74, 6) is 0.381. The number of benzene rings is 2. The van der Waals surface area contributed by atoms with Gasteiger partial charge in [0.05, 0.1) is 33.9 Å². The van der Waals surface area contributed by atoms with Crippen LogP contribution >= 0.6 is 34.4 Å². The van der Waals surface area contributed by atoms with Crippen LogP contribution in [0.1, 0.15) is 12.5 Å². The minimum absolute atomic E-state index is 0.105. The lowest BCUT2D eigenvalue weighted by Crippen LogP contribution is -2.32. The number of para-hydroxylation sites is 1. The SMILES string of the molecule is CCOc1cc(/C=C2/SC(=Nc3ccccc3)N(CCOC)C2=O)cc(I)c1O. The number of nitrogens with zero attached hydrogens (tertiary/aromatic N) is 2. The average molecular weight is 524 g/mol. The van der Waals surface area contributed by atoms with E-state index in [-0.39, 0.29) is 11.7 Å². The fourth-order valence-corrected chi connectivity index (χ4v) is 4.33. The highest BCUT2D eigenvalue weighted by Crippen LogP contribution is 2.37. The van der Waals surface area contributed by atoms with E-state index in [1.165, 1.54) is 11.8 Å². The number of amidine groups is 1. The molecule has 0 unspecified atom stereocenters. The molecule has 29 heavy (non-hydrogen) atoms. The summed E-state index contributed by atoms with van der Waals surface area (Å²) in [6.07, 6.45) is 1.80. The second-order valence-electron chi connectivity index (χ2n) is 6.07. The number of hydrogen-bond acceptors (Lipinski definition) is 6. The van der Waals surface area contributed by atoms with Crippen molar-refractivity contribution in [2.75, 3.05) is 26.9 Å². The molecule has 0 spiro atoms. The normalized spacial score (nSPS) is 16.8. The lowest BCUT2D eigenvalue weighted by atomic mass is 10.2. The molecule has 1 aliphatic heterocycles. The molecule has 152 valence electrons. The third kappa shape index (κ3) is 5.31. The number of halogens is 1. The van der Waals surface area contributed by atoms with Crippen molar-refractivity contribution in [3.05, 3.63) is 56.5 Å². The van der Waals surface area contributed by atoms with Crippen LogP contribution in [0.3, 0.4) is 0 Å². The Morgan fingerprint density at radius 1 is 1.28 bits per heavy atom. The van der Waals surface area contributed by atoms with Gasteiger partial charge >= 0.3 is 0 Å². The summed E-state index contributed by atoms with van der Waals surface area (Å²) in [6, 6.07) is 13.1. The van der Waals surface area contributed by atoms with Crippen LogP contribution in [0, 0.1) is 3.57 Å². The van der Waals surface area contributed by atoms with E-state index in [1.807, 2.05) is 65.9 Å². The highest BCUT2D eigenvalue weighted by molar-refractivity contribution is 14.1. The molecule has 1 N–H and O–H groups in total. The molecule has 6 nitrogen and oxygen atoms in total. The lowest BCUT2D eigenvalue weighted by Gasteiger charge is -2.14. The Kier molecular flexibility index (Phi) is 7.57. The molecular formula is C21H21IN2O4S. The summed E-state index contributed by atoms with van der Waals surface area (Å²) in [5.41, 5.74) is 1.56. The molecule has 2 aromatic rings. The first-order valence-corrected chi connectivity index (χ1v) is 10.9. The van der Waals surface area contributed by atoms with Crippen molar-refractivity contribution in [3.63, 3.8) is 0 Å². The maximum Gasteiger partial charge on any atom is 0.266 e. The topological polar surface area (TPSA) is 71.4 Å². The van der Waals surface area contributed by atoms with E-state index in [9.17, 15) is 9.90 Å². The Labute approximate surface area is 187 Å². The molecule has 1 saturated heterocycles. The minimum atomic E-state index is -0.122. The molecule has 0 radical (unpaired) electrons. The summed E-state index contributed by atoms with van der Waals surface area (Å²) < 4.78 is 11.3. The summed E-state index contributed by atoms with van der Waals surface area (Å²) >= 11 is 3.37. The van der Waals surface area contributed by atoms with Crippen molar-refractivity contribution in [2.24, 2.45) is 4.99 Å². The van der Waals surface area contributed by atoms with Crippen molar-refractivity contribution in [1.29, 1.82) is 0 Å². The number of carbonyl (C=O) groups excluding carboxylic acids is 1. The molecule has 1 amide bonds. The van der Waals surface area contributed by atoms with E-state index >= 15 is 0 Å². The predicted octanol–water partition coefficient (Wildman–Crippen LogP) is 4.65. The van der Waals surface area contributed by atoms with Crippen LogP contribution in [-0.4, -0.2) is 47.9 Å². The average Bonchev–Trinajstić information content (AvgIpc) is 2.99. The van der Waals surface area contributed by atoms with Crippen LogP contribution in [0.15, 0.2) is 52.4 Å². The fourth-order valence-electron chi connectivity index (χ4n) is 2.68. The second-order valence-corrected chi connectivity index (χ2v) is 8.24. The van der Waals surface area contributed by atoms with Gasteiger partial charge in [-0.2, -0.15) is 0 Å². The van der Waals surface area contributed by atoms with Crippen molar-refractivity contribution in [2.45, 2.75) is 6.92 Å². The first-order valence-electron chi connectivity index (χ1n) is 9.03. The van der Waals surface area contributed by atoms with Gasteiger partial charge in [-0.1, -0.05) is 18.2 Å². The molecule has 0 aliphatic carbocycles. The summed E-state index contributed by atoms with van der Waals surface area (Å²) in [5, 5.41) is 10.8. The van der Waals surface area contributed by atoms with Gasteiger partial charge in [0.1, 0.15) is 0 Å². The number of aliphatic imine (C=N–C) groups is 1. The quantitative estimate of drug-likeness (QED) is 0.422. The van der Waals surface area contributed by atoms with E-state index < -0.39 is 0 Å². The Balaban J connectivity index is 1.95. The Morgan fingerprint density at radius 2 is 2.03 bits per heavy atom. The number of phenolic OH excluding ortho intramolecular Hbond substituents is 1. The van der Waals surface area contributed by atoms with E-state index in [1.54, 1.807) is 24.2 Å².